The van der Waals surface area contributed by atoms with E-state index in [9.17, 15) is 0 Å². The SMILES string of the molecule is CC1(C)c2cc(-c3ccc(-c4ccccc4)cc3-c3ccccc3)ccc2-c2ccc(N(c3ccc(-c4ccccc4)cc3)c3ccccc3-c3ccccc3)cc21.Cc1cc(-c2ccccc2)ccc1N(c1ccc(-c2ccccc2)cc1)c1ccc2c(c1)C(C)(C)c1cc(-c3ccccc3-c3ccccc3)ccc1-2. The van der Waals surface area contributed by atoms with Crippen molar-refractivity contribution in [1.82, 2.24) is 0 Å². The summed E-state index contributed by atoms with van der Waals surface area (Å²) in [4.78, 5) is 4.86. The highest BCUT2D eigenvalue weighted by molar-refractivity contribution is 5.95. The summed E-state index contributed by atoms with van der Waals surface area (Å²) >= 11 is 0. The molecule has 2 aliphatic carbocycles. The van der Waals surface area contributed by atoms with E-state index in [4.69, 9.17) is 0 Å². The molecule has 0 radical (unpaired) electrons. The van der Waals surface area contributed by atoms with Crippen molar-refractivity contribution in [3.63, 3.8) is 0 Å². The molecule has 0 N–H and O–H groups in total. The molecule has 0 heterocycles. The first-order chi connectivity index (χ1) is 54.5. The molecule has 0 amide bonds. The van der Waals surface area contributed by atoms with Crippen molar-refractivity contribution in [1.29, 1.82) is 0 Å². The molecule has 0 bridgehead atoms. The molecule has 2 nitrogen and oxygen atoms in total. The number of hydrogen-bond acceptors (Lipinski definition) is 2. The second kappa shape index (κ2) is 29.5. The lowest BCUT2D eigenvalue weighted by Gasteiger charge is -2.30. The number of benzene rings is 17. The number of hydrogen-bond donors (Lipinski definition) is 0. The molecule has 0 aromatic heterocycles. The molecule has 0 fully saturated rings. The van der Waals surface area contributed by atoms with Gasteiger partial charge in [-0.25, -0.2) is 0 Å². The van der Waals surface area contributed by atoms with Gasteiger partial charge >= 0.3 is 0 Å². The summed E-state index contributed by atoms with van der Waals surface area (Å²) in [6, 6.07) is 153. The molecule has 0 unspecified atom stereocenters. The van der Waals surface area contributed by atoms with Gasteiger partial charge in [0.15, 0.2) is 0 Å². The number of fused-ring (bicyclic) bond motifs is 6. The lowest BCUT2D eigenvalue weighted by atomic mass is 9.81. The zero-order chi connectivity index (χ0) is 75.0. The van der Waals surface area contributed by atoms with Gasteiger partial charge in [0, 0.05) is 44.8 Å². The average molecular weight is 1420 g/mol. The normalized spacial score (nSPS) is 12.5. The lowest BCUT2D eigenvalue weighted by Crippen LogP contribution is -2.17. The third-order valence-corrected chi connectivity index (χ3v) is 22.9. The van der Waals surface area contributed by atoms with Gasteiger partial charge in [-0.15, -0.1) is 0 Å². The minimum atomic E-state index is -0.227. The summed E-state index contributed by atoms with van der Waals surface area (Å²) in [5, 5.41) is 0. The molecule has 0 atom stereocenters. The van der Waals surface area contributed by atoms with Gasteiger partial charge in [0.1, 0.15) is 0 Å². The Morgan fingerprint density at radius 2 is 0.423 bits per heavy atom. The summed E-state index contributed by atoms with van der Waals surface area (Å²) in [7, 11) is 0. The molecule has 0 saturated heterocycles. The minimum Gasteiger partial charge on any atom is -0.310 e. The van der Waals surface area contributed by atoms with E-state index >= 15 is 0 Å². The topological polar surface area (TPSA) is 6.48 Å². The predicted octanol–water partition coefficient (Wildman–Crippen LogP) is 30.2. The maximum atomic E-state index is 2.45. The van der Waals surface area contributed by atoms with Crippen molar-refractivity contribution in [3.8, 4) is 122 Å². The molecule has 0 saturated carbocycles. The molecule has 2 aliphatic rings. The molecule has 530 valence electrons. The zero-order valence-electron chi connectivity index (χ0n) is 63.2. The van der Waals surface area contributed by atoms with Crippen molar-refractivity contribution in [3.05, 3.63) is 446 Å². The van der Waals surface area contributed by atoms with Crippen LogP contribution in [0.4, 0.5) is 34.1 Å². The van der Waals surface area contributed by atoms with E-state index in [1.165, 1.54) is 156 Å². The second-order valence-electron chi connectivity index (χ2n) is 30.4. The van der Waals surface area contributed by atoms with Crippen molar-refractivity contribution in [2.45, 2.75) is 45.4 Å². The fourth-order valence-corrected chi connectivity index (χ4v) is 17.1. The average Bonchev–Trinajstić information content (AvgIpc) is 1.58. The Bertz CT molecular complexity index is 6210. The highest BCUT2D eigenvalue weighted by atomic mass is 15.2. The van der Waals surface area contributed by atoms with Crippen LogP contribution in [0.5, 0.6) is 0 Å². The summed E-state index contributed by atoms with van der Waals surface area (Å²) in [5.74, 6) is 0. The first kappa shape index (κ1) is 69.1. The Labute approximate surface area is 653 Å². The highest BCUT2D eigenvalue weighted by Crippen LogP contribution is 2.55. The van der Waals surface area contributed by atoms with Crippen LogP contribution in [-0.2, 0) is 10.8 Å². The van der Waals surface area contributed by atoms with E-state index < -0.39 is 0 Å². The Kier molecular flexibility index (Phi) is 18.4. The summed E-state index contributed by atoms with van der Waals surface area (Å²) in [5.41, 5.74) is 40.4. The smallest absolute Gasteiger partial charge is 0.0540 e. The van der Waals surface area contributed by atoms with Crippen molar-refractivity contribution >= 4 is 34.1 Å². The molecule has 2 heteroatoms. The van der Waals surface area contributed by atoms with Gasteiger partial charge < -0.3 is 9.80 Å². The van der Waals surface area contributed by atoms with Crippen molar-refractivity contribution in [2.75, 3.05) is 9.80 Å². The molecule has 17 aromatic rings. The number of anilines is 6. The predicted molar refractivity (Wildman–Crippen MR) is 471 cm³/mol. The van der Waals surface area contributed by atoms with Crippen LogP contribution in [0.2, 0.25) is 0 Å². The standard InChI is InChI=1S/C57H43N.C52H41N/c1-57(2)54-38-46(49-34-29-45(41-19-9-4-10-20-41)37-53(49)44-23-13-6-14-24-44)30-35-51(54)52-36-33-48(39-55(52)57)58(47-31-27-42(28-32-47)40-17-7-3-8-18-40)56-26-16-15-25-50(56)43-21-11-5-12-22-43;1-36-33-41(38-17-9-5-10-18-38)26-32-51(36)53(43-27-23-39(24-28-43)37-15-7-4-8-16-37)44-29-31-48-47-30-25-42(34-49(47)52(2,3)50(48)35-44)46-22-14-13-21-45(46)40-19-11-6-12-20-40/h3-39H,1-2H3;4-35H,1-3H3. The van der Waals surface area contributed by atoms with E-state index in [0.717, 1.165) is 28.4 Å². The molecule has 19 rings (SSSR count). The van der Waals surface area contributed by atoms with Crippen LogP contribution >= 0.6 is 0 Å². The number of nitrogens with zero attached hydrogens (tertiary/aromatic N) is 2. The molecule has 0 aliphatic heterocycles. The lowest BCUT2D eigenvalue weighted by molar-refractivity contribution is 0.660. The van der Waals surface area contributed by atoms with Crippen LogP contribution in [0.15, 0.2) is 419 Å². The van der Waals surface area contributed by atoms with Crippen LogP contribution in [0.3, 0.4) is 0 Å². The van der Waals surface area contributed by atoms with Gasteiger partial charge in [-0.1, -0.05) is 361 Å². The molecule has 111 heavy (non-hydrogen) atoms. The summed E-state index contributed by atoms with van der Waals surface area (Å²) in [6.07, 6.45) is 0. The fourth-order valence-electron chi connectivity index (χ4n) is 17.1. The Morgan fingerprint density at radius 1 is 0.162 bits per heavy atom. The van der Waals surface area contributed by atoms with Gasteiger partial charge in [-0.2, -0.15) is 0 Å². The second-order valence-corrected chi connectivity index (χ2v) is 30.4. The van der Waals surface area contributed by atoms with E-state index in [1.807, 2.05) is 0 Å². The van der Waals surface area contributed by atoms with Crippen LogP contribution in [-0.4, -0.2) is 0 Å². The molecular weight excluding hydrogens is 1340 g/mol. The van der Waals surface area contributed by atoms with Crippen LogP contribution in [0, 0.1) is 6.92 Å². The third kappa shape index (κ3) is 13.3. The van der Waals surface area contributed by atoms with E-state index in [-0.39, 0.29) is 10.8 Å². The maximum absolute atomic E-state index is 2.45. The van der Waals surface area contributed by atoms with E-state index in [0.29, 0.717) is 0 Å². The Balaban J connectivity index is 0.000000156. The zero-order valence-corrected chi connectivity index (χ0v) is 63.2. The van der Waals surface area contributed by atoms with Crippen molar-refractivity contribution < 1.29 is 0 Å². The van der Waals surface area contributed by atoms with Gasteiger partial charge in [0.2, 0.25) is 0 Å². The largest absolute Gasteiger partial charge is 0.310 e. The van der Waals surface area contributed by atoms with E-state index in [2.05, 4.69) is 463 Å². The van der Waals surface area contributed by atoms with Crippen LogP contribution in [0.1, 0.15) is 55.5 Å². The Morgan fingerprint density at radius 3 is 0.847 bits per heavy atom. The molecule has 17 aromatic carbocycles. The monoisotopic (exact) mass is 1420 g/mol. The number of aryl methyl sites for hydroxylation is 1. The van der Waals surface area contributed by atoms with Gasteiger partial charge in [-0.05, 0) is 237 Å². The van der Waals surface area contributed by atoms with Gasteiger partial charge in [-0.3, -0.25) is 0 Å². The van der Waals surface area contributed by atoms with Crippen LogP contribution < -0.4 is 9.80 Å². The van der Waals surface area contributed by atoms with Gasteiger partial charge in [0.25, 0.3) is 0 Å². The molecular formula is C109H84N2. The molecule has 0 spiro atoms. The third-order valence-electron chi connectivity index (χ3n) is 22.9. The summed E-state index contributed by atoms with van der Waals surface area (Å²) in [6.45, 7) is 11.8. The first-order valence-corrected chi connectivity index (χ1v) is 38.7. The van der Waals surface area contributed by atoms with E-state index in [1.54, 1.807) is 0 Å². The first-order valence-electron chi connectivity index (χ1n) is 38.7. The van der Waals surface area contributed by atoms with Crippen LogP contribution in [0.25, 0.3) is 122 Å². The minimum absolute atomic E-state index is 0.187. The maximum Gasteiger partial charge on any atom is 0.0540 e. The quantitative estimate of drug-likeness (QED) is 0.101. The van der Waals surface area contributed by atoms with Crippen molar-refractivity contribution in [2.24, 2.45) is 0 Å². The highest BCUT2D eigenvalue weighted by Gasteiger charge is 2.39. The number of rotatable bonds is 15. The Hall–Kier alpha value is -13.7. The van der Waals surface area contributed by atoms with Gasteiger partial charge in [0.05, 0.1) is 5.69 Å². The summed E-state index contributed by atoms with van der Waals surface area (Å²) < 4.78 is 0. The number of para-hydroxylation sites is 1. The fraction of sp³-hybridized carbons (Fsp3) is 0.0642.